The Morgan fingerprint density at radius 3 is 2.34 bits per heavy atom. The summed E-state index contributed by atoms with van der Waals surface area (Å²) in [6.45, 7) is 1.88. The third kappa shape index (κ3) is 5.26. The predicted molar refractivity (Wildman–Crippen MR) is 108 cm³/mol. The number of non-ortho nitro benzene ring substituents is 1. The van der Waals surface area contributed by atoms with Gasteiger partial charge in [-0.15, -0.1) is 0 Å². The van der Waals surface area contributed by atoms with Gasteiger partial charge in [0.1, 0.15) is 6.61 Å². The monoisotopic (exact) mass is 390 g/mol. The van der Waals surface area contributed by atoms with E-state index in [1.54, 1.807) is 36.4 Å². The zero-order valence-electron chi connectivity index (χ0n) is 15.6. The molecular weight excluding hydrogens is 372 g/mol. The summed E-state index contributed by atoms with van der Waals surface area (Å²) in [5.41, 5.74) is 2.86. The van der Waals surface area contributed by atoms with Gasteiger partial charge in [0.05, 0.1) is 10.5 Å². The van der Waals surface area contributed by atoms with Crippen LogP contribution in [0.5, 0.6) is 0 Å². The highest BCUT2D eigenvalue weighted by molar-refractivity contribution is 6.05. The number of hydrogen-bond acceptors (Lipinski definition) is 5. The second-order valence-electron chi connectivity index (χ2n) is 6.40. The molecular formula is C22H18N2O5. The number of anilines is 1. The highest BCUT2D eigenvalue weighted by atomic mass is 16.6. The Kier molecular flexibility index (Phi) is 5.99. The number of ether oxygens (including phenoxy) is 1. The van der Waals surface area contributed by atoms with Gasteiger partial charge in [0, 0.05) is 23.4 Å². The summed E-state index contributed by atoms with van der Waals surface area (Å²) in [5.74, 6) is -0.833. The lowest BCUT2D eigenvalue weighted by Crippen LogP contribution is -2.13. The van der Waals surface area contributed by atoms with Gasteiger partial charge in [-0.2, -0.15) is 0 Å². The fourth-order valence-electron chi connectivity index (χ4n) is 2.66. The molecule has 1 amide bonds. The van der Waals surface area contributed by atoms with Crippen LogP contribution in [0.1, 0.15) is 31.8 Å². The van der Waals surface area contributed by atoms with Crippen molar-refractivity contribution in [3.8, 4) is 0 Å². The average molecular weight is 390 g/mol. The molecule has 0 saturated heterocycles. The number of benzene rings is 3. The summed E-state index contributed by atoms with van der Waals surface area (Å²) in [5, 5.41) is 13.4. The van der Waals surface area contributed by atoms with E-state index in [4.69, 9.17) is 4.74 Å². The molecule has 7 nitrogen and oxygen atoms in total. The maximum absolute atomic E-state index is 12.4. The molecule has 0 saturated carbocycles. The van der Waals surface area contributed by atoms with Crippen LogP contribution in [0.25, 0.3) is 0 Å². The predicted octanol–water partition coefficient (Wildman–Crippen LogP) is 4.51. The lowest BCUT2D eigenvalue weighted by molar-refractivity contribution is -0.384. The smallest absolute Gasteiger partial charge is 0.338 e. The van der Waals surface area contributed by atoms with Crippen LogP contribution in [0.2, 0.25) is 0 Å². The number of rotatable bonds is 6. The molecule has 0 fully saturated rings. The van der Waals surface area contributed by atoms with Crippen molar-refractivity contribution in [3.05, 3.63) is 105 Å². The van der Waals surface area contributed by atoms with Crippen molar-refractivity contribution in [1.29, 1.82) is 0 Å². The molecule has 1 N–H and O–H groups in total. The molecule has 29 heavy (non-hydrogen) atoms. The summed E-state index contributed by atoms with van der Waals surface area (Å²) >= 11 is 0. The van der Waals surface area contributed by atoms with E-state index >= 15 is 0 Å². The van der Waals surface area contributed by atoms with Crippen LogP contribution >= 0.6 is 0 Å². The number of nitro groups is 1. The Bertz CT molecular complexity index is 1060. The minimum Gasteiger partial charge on any atom is -0.457 e. The second kappa shape index (κ2) is 8.79. The number of amides is 1. The van der Waals surface area contributed by atoms with Crippen LogP contribution in [0.4, 0.5) is 11.4 Å². The van der Waals surface area contributed by atoms with Gasteiger partial charge in [-0.1, -0.05) is 23.8 Å². The molecule has 0 bridgehead atoms. The number of aryl methyl sites for hydroxylation is 1. The first-order valence-corrected chi connectivity index (χ1v) is 8.81. The lowest BCUT2D eigenvalue weighted by atomic mass is 10.1. The van der Waals surface area contributed by atoms with Crippen LogP contribution in [-0.4, -0.2) is 16.8 Å². The van der Waals surface area contributed by atoms with E-state index in [2.05, 4.69) is 5.32 Å². The van der Waals surface area contributed by atoms with Crippen molar-refractivity contribution in [3.63, 3.8) is 0 Å². The fraction of sp³-hybridized carbons (Fsp3) is 0.0909. The first-order valence-electron chi connectivity index (χ1n) is 8.81. The highest BCUT2D eigenvalue weighted by Crippen LogP contribution is 2.16. The van der Waals surface area contributed by atoms with E-state index in [-0.39, 0.29) is 23.8 Å². The van der Waals surface area contributed by atoms with Gasteiger partial charge in [0.25, 0.3) is 11.6 Å². The molecule has 3 rings (SSSR count). The van der Waals surface area contributed by atoms with Crippen LogP contribution < -0.4 is 5.32 Å². The molecule has 0 aliphatic rings. The Balaban J connectivity index is 1.63. The first-order chi connectivity index (χ1) is 13.9. The van der Waals surface area contributed by atoms with Gasteiger partial charge in [-0.05, 0) is 55.0 Å². The van der Waals surface area contributed by atoms with Gasteiger partial charge in [0.2, 0.25) is 0 Å². The molecule has 0 unspecified atom stereocenters. The van der Waals surface area contributed by atoms with Gasteiger partial charge in [0.15, 0.2) is 0 Å². The van der Waals surface area contributed by atoms with Crippen molar-refractivity contribution in [2.45, 2.75) is 13.5 Å². The zero-order valence-corrected chi connectivity index (χ0v) is 15.6. The second-order valence-corrected chi connectivity index (χ2v) is 6.40. The molecule has 0 atom stereocenters. The van der Waals surface area contributed by atoms with Gasteiger partial charge in [-0.25, -0.2) is 4.79 Å². The summed E-state index contributed by atoms with van der Waals surface area (Å²) in [4.78, 5) is 34.8. The maximum atomic E-state index is 12.4. The van der Waals surface area contributed by atoms with Gasteiger partial charge in [-0.3, -0.25) is 14.9 Å². The molecule has 0 spiro atoms. The van der Waals surface area contributed by atoms with E-state index in [0.29, 0.717) is 16.8 Å². The van der Waals surface area contributed by atoms with Crippen LogP contribution in [0, 0.1) is 17.0 Å². The summed E-state index contributed by atoms with van der Waals surface area (Å²) in [6.07, 6.45) is 0. The fourth-order valence-corrected chi connectivity index (χ4v) is 2.66. The Hall–Kier alpha value is -4.00. The van der Waals surface area contributed by atoms with Crippen molar-refractivity contribution < 1.29 is 19.2 Å². The van der Waals surface area contributed by atoms with Gasteiger partial charge >= 0.3 is 5.97 Å². The van der Waals surface area contributed by atoms with E-state index in [1.165, 1.54) is 30.3 Å². The number of nitrogens with zero attached hydrogens (tertiary/aromatic N) is 1. The Morgan fingerprint density at radius 2 is 1.66 bits per heavy atom. The summed E-state index contributed by atoms with van der Waals surface area (Å²) in [6, 6.07) is 19.4. The van der Waals surface area contributed by atoms with Crippen molar-refractivity contribution >= 4 is 23.3 Å². The van der Waals surface area contributed by atoms with E-state index in [1.807, 2.05) is 13.0 Å². The number of nitrogens with one attached hydrogen (secondary N) is 1. The quantitative estimate of drug-likeness (QED) is 0.379. The first kappa shape index (κ1) is 19.8. The molecule has 0 aromatic heterocycles. The lowest BCUT2D eigenvalue weighted by Gasteiger charge is -2.09. The molecule has 146 valence electrons. The molecule has 0 aliphatic heterocycles. The number of carbonyl (C=O) groups excluding carboxylic acids is 2. The molecule has 7 heteroatoms. The third-order valence-electron chi connectivity index (χ3n) is 4.15. The van der Waals surface area contributed by atoms with E-state index < -0.39 is 10.9 Å². The standard InChI is InChI=1S/C22H18N2O5/c1-15-4-2-5-17(12-15)21(25)23-19-7-3-6-18(13-19)22(26)29-14-16-8-10-20(11-9-16)24(27)28/h2-13H,14H2,1H3,(H,23,25). The average Bonchev–Trinajstić information content (AvgIpc) is 2.72. The number of hydrogen-bond donors (Lipinski definition) is 1. The molecule has 0 heterocycles. The van der Waals surface area contributed by atoms with E-state index in [9.17, 15) is 19.7 Å². The summed E-state index contributed by atoms with van der Waals surface area (Å²) in [7, 11) is 0. The minimum atomic E-state index is -0.560. The number of esters is 1. The van der Waals surface area contributed by atoms with Crippen LogP contribution in [0.15, 0.2) is 72.8 Å². The molecule has 3 aromatic rings. The maximum Gasteiger partial charge on any atom is 0.338 e. The Labute approximate surface area is 167 Å². The zero-order chi connectivity index (χ0) is 20.8. The van der Waals surface area contributed by atoms with Crippen molar-refractivity contribution in [2.24, 2.45) is 0 Å². The SMILES string of the molecule is Cc1cccc(C(=O)Nc2cccc(C(=O)OCc3ccc([N+](=O)[O-])cc3)c2)c1. The Morgan fingerprint density at radius 1 is 0.966 bits per heavy atom. The van der Waals surface area contributed by atoms with E-state index in [0.717, 1.165) is 5.56 Å². The molecule has 3 aromatic carbocycles. The summed E-state index contributed by atoms with van der Waals surface area (Å²) < 4.78 is 5.25. The number of nitro benzene ring substituents is 1. The molecule has 0 radical (unpaired) electrons. The minimum absolute atomic E-state index is 0.0172. The largest absolute Gasteiger partial charge is 0.457 e. The normalized spacial score (nSPS) is 10.2. The third-order valence-corrected chi connectivity index (χ3v) is 4.15. The van der Waals surface area contributed by atoms with Crippen molar-refractivity contribution in [1.82, 2.24) is 0 Å². The van der Waals surface area contributed by atoms with Crippen molar-refractivity contribution in [2.75, 3.05) is 5.32 Å². The topological polar surface area (TPSA) is 98.5 Å². The number of carbonyl (C=O) groups is 2. The van der Waals surface area contributed by atoms with Crippen LogP contribution in [-0.2, 0) is 11.3 Å². The van der Waals surface area contributed by atoms with Crippen LogP contribution in [0.3, 0.4) is 0 Å². The highest BCUT2D eigenvalue weighted by Gasteiger charge is 2.11. The molecule has 0 aliphatic carbocycles. The van der Waals surface area contributed by atoms with Gasteiger partial charge < -0.3 is 10.1 Å².